The second kappa shape index (κ2) is 7.61. The van der Waals surface area contributed by atoms with Crippen molar-refractivity contribution < 1.29 is 0 Å². The van der Waals surface area contributed by atoms with Crippen molar-refractivity contribution in [3.05, 3.63) is 46.8 Å². The van der Waals surface area contributed by atoms with E-state index in [9.17, 15) is 0 Å². The average molecular weight is 461 g/mol. The molecule has 0 atom stereocenters. The van der Waals surface area contributed by atoms with Crippen LogP contribution >= 0.6 is 35.0 Å². The molecule has 2 aromatic heterocycles. The van der Waals surface area contributed by atoms with E-state index in [4.69, 9.17) is 28.2 Å². The molecule has 1 aliphatic heterocycles. The predicted octanol–water partition coefficient (Wildman–Crippen LogP) is 6.98. The van der Waals surface area contributed by atoms with E-state index in [0.29, 0.717) is 20.9 Å². The lowest BCUT2D eigenvalue weighted by molar-refractivity contribution is 0.0749. The van der Waals surface area contributed by atoms with Gasteiger partial charge in [0.25, 0.3) is 0 Å². The van der Waals surface area contributed by atoms with Crippen LogP contribution in [0.5, 0.6) is 0 Å². The molecule has 5 rings (SSSR count). The smallest absolute Gasteiger partial charge is 0.211 e. The molecule has 0 amide bonds. The molecule has 30 heavy (non-hydrogen) atoms. The molecule has 1 spiro atoms. The Balaban J connectivity index is 1.42. The third-order valence-corrected chi connectivity index (χ3v) is 9.41. The van der Waals surface area contributed by atoms with Gasteiger partial charge in [-0.3, -0.25) is 4.40 Å². The summed E-state index contributed by atoms with van der Waals surface area (Å²) in [5.74, 6) is 0.981. The standard InChI is InChI=1S/C23H26Cl2N4S/c1-22(2)7-4-8-23(22)9-12-28(13-10-23)21-27-15-18(20-26-11-14-29(20)21)30-17-6-3-5-16(24)19(17)25/h3,5-6,11,14-15H,4,7-10,12-13H2,1-2H3. The summed E-state index contributed by atoms with van der Waals surface area (Å²) in [6, 6.07) is 5.68. The fourth-order valence-corrected chi connectivity index (χ4v) is 6.81. The number of benzene rings is 1. The fraction of sp³-hybridized carbons (Fsp3) is 0.478. The van der Waals surface area contributed by atoms with Crippen LogP contribution in [0.3, 0.4) is 0 Å². The summed E-state index contributed by atoms with van der Waals surface area (Å²) in [7, 11) is 0. The zero-order valence-electron chi connectivity index (χ0n) is 17.4. The Hall–Kier alpha value is -1.43. The van der Waals surface area contributed by atoms with Gasteiger partial charge in [0, 0.05) is 36.6 Å². The molecule has 7 heteroatoms. The van der Waals surface area contributed by atoms with Crippen molar-refractivity contribution in [1.82, 2.24) is 14.4 Å². The number of nitrogens with zero attached hydrogens (tertiary/aromatic N) is 4. The molecule has 0 radical (unpaired) electrons. The van der Waals surface area contributed by atoms with Gasteiger partial charge in [0.2, 0.25) is 5.95 Å². The number of halogens is 2. The van der Waals surface area contributed by atoms with Gasteiger partial charge in [0.05, 0.1) is 14.9 Å². The largest absolute Gasteiger partial charge is 0.342 e. The number of hydrogen-bond acceptors (Lipinski definition) is 4. The quantitative estimate of drug-likeness (QED) is 0.421. The van der Waals surface area contributed by atoms with E-state index < -0.39 is 0 Å². The number of rotatable bonds is 3. The molecule has 3 heterocycles. The molecule has 0 unspecified atom stereocenters. The SMILES string of the molecule is CC1(C)CCCC12CCN(c1ncc(Sc3cccc(Cl)c3Cl)c3nccn13)CC2. The summed E-state index contributed by atoms with van der Waals surface area (Å²) in [6.45, 7) is 7.04. The van der Waals surface area contributed by atoms with Crippen LogP contribution in [0.15, 0.2) is 46.6 Å². The lowest BCUT2D eigenvalue weighted by atomic mass is 9.63. The highest BCUT2D eigenvalue weighted by atomic mass is 35.5. The maximum Gasteiger partial charge on any atom is 0.211 e. The minimum atomic E-state index is 0.452. The number of anilines is 1. The molecule has 0 N–H and O–H groups in total. The average Bonchev–Trinajstić information content (AvgIpc) is 3.32. The molecule has 158 valence electrons. The highest BCUT2D eigenvalue weighted by Gasteiger charge is 2.49. The van der Waals surface area contributed by atoms with Crippen molar-refractivity contribution in [1.29, 1.82) is 0 Å². The molecule has 3 aromatic rings. The summed E-state index contributed by atoms with van der Waals surface area (Å²) in [5.41, 5.74) is 1.85. The molecule has 1 aromatic carbocycles. The third kappa shape index (κ3) is 3.30. The predicted molar refractivity (Wildman–Crippen MR) is 125 cm³/mol. The molecular weight excluding hydrogens is 435 g/mol. The summed E-state index contributed by atoms with van der Waals surface area (Å²) < 4.78 is 2.11. The van der Waals surface area contributed by atoms with Crippen molar-refractivity contribution in [3.8, 4) is 0 Å². The molecule has 0 bridgehead atoms. The maximum absolute atomic E-state index is 6.39. The van der Waals surface area contributed by atoms with Crippen LogP contribution in [-0.2, 0) is 0 Å². The molecule has 1 aliphatic carbocycles. The number of aromatic nitrogens is 3. The van der Waals surface area contributed by atoms with E-state index in [2.05, 4.69) is 28.1 Å². The Bertz CT molecular complexity index is 1090. The zero-order valence-corrected chi connectivity index (χ0v) is 19.7. The minimum Gasteiger partial charge on any atom is -0.342 e. The van der Waals surface area contributed by atoms with E-state index in [-0.39, 0.29) is 0 Å². The van der Waals surface area contributed by atoms with Crippen LogP contribution in [0.2, 0.25) is 10.0 Å². The Labute approximate surface area is 192 Å². The number of fused-ring (bicyclic) bond motifs is 1. The van der Waals surface area contributed by atoms with Gasteiger partial charge < -0.3 is 4.90 Å². The van der Waals surface area contributed by atoms with Crippen molar-refractivity contribution in [2.75, 3.05) is 18.0 Å². The lowest BCUT2D eigenvalue weighted by Gasteiger charge is -2.47. The van der Waals surface area contributed by atoms with Crippen LogP contribution in [0.4, 0.5) is 5.95 Å². The number of imidazole rings is 1. The van der Waals surface area contributed by atoms with Crippen LogP contribution in [0.1, 0.15) is 46.0 Å². The summed E-state index contributed by atoms with van der Waals surface area (Å²) >= 11 is 14.1. The van der Waals surface area contributed by atoms with Gasteiger partial charge in [-0.2, -0.15) is 0 Å². The Kier molecular flexibility index (Phi) is 5.19. The number of hydrogen-bond donors (Lipinski definition) is 0. The van der Waals surface area contributed by atoms with E-state index in [1.54, 1.807) is 17.8 Å². The minimum absolute atomic E-state index is 0.452. The Morgan fingerprint density at radius 3 is 2.53 bits per heavy atom. The van der Waals surface area contributed by atoms with E-state index >= 15 is 0 Å². The van der Waals surface area contributed by atoms with Crippen molar-refractivity contribution in [3.63, 3.8) is 0 Å². The van der Waals surface area contributed by atoms with Gasteiger partial charge in [-0.25, -0.2) is 9.97 Å². The summed E-state index contributed by atoms with van der Waals surface area (Å²) in [6.07, 6.45) is 12.4. The van der Waals surface area contributed by atoms with Gasteiger partial charge >= 0.3 is 0 Å². The first-order valence-corrected chi connectivity index (χ1v) is 12.2. The van der Waals surface area contributed by atoms with Gasteiger partial charge in [0.1, 0.15) is 0 Å². The molecular formula is C23H26Cl2N4S. The van der Waals surface area contributed by atoms with E-state index in [1.807, 2.05) is 30.7 Å². The lowest BCUT2D eigenvalue weighted by Crippen LogP contribution is -2.45. The Morgan fingerprint density at radius 2 is 1.80 bits per heavy atom. The van der Waals surface area contributed by atoms with E-state index in [0.717, 1.165) is 34.5 Å². The molecule has 2 aliphatic rings. The van der Waals surface area contributed by atoms with Crippen LogP contribution in [0.25, 0.3) is 5.65 Å². The van der Waals surface area contributed by atoms with E-state index in [1.165, 1.54) is 32.1 Å². The summed E-state index contributed by atoms with van der Waals surface area (Å²) in [5, 5.41) is 1.13. The highest BCUT2D eigenvalue weighted by molar-refractivity contribution is 7.99. The first-order valence-electron chi connectivity index (χ1n) is 10.6. The van der Waals surface area contributed by atoms with Crippen molar-refractivity contribution in [2.24, 2.45) is 10.8 Å². The topological polar surface area (TPSA) is 33.4 Å². The van der Waals surface area contributed by atoms with Gasteiger partial charge in [-0.1, -0.05) is 61.3 Å². The zero-order chi connectivity index (χ0) is 20.9. The number of piperidine rings is 1. The summed E-state index contributed by atoms with van der Waals surface area (Å²) in [4.78, 5) is 13.8. The monoisotopic (exact) mass is 460 g/mol. The Morgan fingerprint density at radius 1 is 1.00 bits per heavy atom. The first kappa shape index (κ1) is 20.5. The normalized spacial score (nSPS) is 20.3. The van der Waals surface area contributed by atoms with Crippen LogP contribution in [0, 0.1) is 10.8 Å². The van der Waals surface area contributed by atoms with Crippen molar-refractivity contribution in [2.45, 2.75) is 55.7 Å². The van der Waals surface area contributed by atoms with Crippen molar-refractivity contribution >= 4 is 46.6 Å². The molecule has 2 fully saturated rings. The van der Waals surface area contributed by atoms with Gasteiger partial charge in [0.15, 0.2) is 5.65 Å². The highest BCUT2D eigenvalue weighted by Crippen LogP contribution is 2.58. The fourth-order valence-electron chi connectivity index (χ4n) is 5.40. The maximum atomic E-state index is 6.39. The molecule has 1 saturated heterocycles. The van der Waals surface area contributed by atoms with Crippen LogP contribution < -0.4 is 4.90 Å². The second-order valence-electron chi connectivity index (χ2n) is 9.20. The second-order valence-corrected chi connectivity index (χ2v) is 11.1. The molecule has 4 nitrogen and oxygen atoms in total. The molecule has 1 saturated carbocycles. The van der Waals surface area contributed by atoms with Gasteiger partial charge in [-0.05, 0) is 48.6 Å². The third-order valence-electron chi connectivity index (χ3n) is 7.41. The first-order chi connectivity index (χ1) is 14.4. The van der Waals surface area contributed by atoms with Crippen LogP contribution in [-0.4, -0.2) is 27.5 Å². The van der Waals surface area contributed by atoms with Gasteiger partial charge in [-0.15, -0.1) is 0 Å².